The van der Waals surface area contributed by atoms with Gasteiger partial charge in [-0.15, -0.1) is 0 Å². The predicted octanol–water partition coefficient (Wildman–Crippen LogP) is 4.47. The van der Waals surface area contributed by atoms with Crippen molar-refractivity contribution in [3.8, 4) is 0 Å². The molecule has 1 spiro atoms. The first-order valence-electron chi connectivity index (χ1n) is 12.5. The van der Waals surface area contributed by atoms with Crippen LogP contribution in [-0.4, -0.2) is 59.9 Å². The fourth-order valence-corrected chi connectivity index (χ4v) is 6.14. The zero-order valence-electron chi connectivity index (χ0n) is 21.7. The molecular weight excluding hydrogens is 556 g/mol. The maximum atomic E-state index is 13.1. The molecule has 4 heterocycles. The summed E-state index contributed by atoms with van der Waals surface area (Å²) in [6.45, 7) is 11.3. The minimum atomic E-state index is -1.36. The van der Waals surface area contributed by atoms with E-state index in [1.54, 1.807) is 17.5 Å². The molecule has 0 bridgehead atoms. The lowest BCUT2D eigenvalue weighted by Gasteiger charge is -2.40. The Kier molecular flexibility index (Phi) is 6.72. The van der Waals surface area contributed by atoms with E-state index in [-0.39, 0.29) is 17.7 Å². The number of aryl methyl sites for hydroxylation is 1. The lowest BCUT2D eigenvalue weighted by molar-refractivity contribution is 0.0519. The molecule has 9 nitrogen and oxygen atoms in total. The summed E-state index contributed by atoms with van der Waals surface area (Å²) in [6, 6.07) is 5.71. The van der Waals surface area contributed by atoms with Crippen molar-refractivity contribution in [2.45, 2.75) is 58.6 Å². The van der Waals surface area contributed by atoms with Crippen LogP contribution in [0.5, 0.6) is 0 Å². The molecular formula is C26H31BrN6O3S. The fraction of sp³-hybridized carbons (Fsp3) is 0.500. The summed E-state index contributed by atoms with van der Waals surface area (Å²) in [5.41, 5.74) is 4.52. The van der Waals surface area contributed by atoms with Crippen LogP contribution in [0, 0.1) is 12.3 Å². The Bertz CT molecular complexity index is 1440. The van der Waals surface area contributed by atoms with E-state index in [0.29, 0.717) is 4.60 Å². The van der Waals surface area contributed by atoms with Gasteiger partial charge < -0.3 is 9.64 Å². The maximum Gasteiger partial charge on any atom is 0.358 e. The summed E-state index contributed by atoms with van der Waals surface area (Å²) in [7, 11) is -1.36. The van der Waals surface area contributed by atoms with Gasteiger partial charge in [0.15, 0.2) is 11.5 Å². The summed E-state index contributed by atoms with van der Waals surface area (Å²) >= 11 is 3.57. The Morgan fingerprint density at radius 2 is 2.03 bits per heavy atom. The number of aromatic nitrogens is 4. The molecule has 0 amide bonds. The number of halogens is 1. The molecule has 3 aromatic heterocycles. The zero-order valence-corrected chi connectivity index (χ0v) is 24.1. The molecule has 11 heteroatoms. The van der Waals surface area contributed by atoms with Crippen LogP contribution in [-0.2, 0) is 22.1 Å². The number of hydrogen-bond donors (Lipinski definition) is 0. The Hall–Kier alpha value is -2.66. The van der Waals surface area contributed by atoms with Gasteiger partial charge in [0.1, 0.15) is 21.1 Å². The first-order chi connectivity index (χ1) is 17.5. The van der Waals surface area contributed by atoms with E-state index in [1.807, 2.05) is 40.0 Å². The summed E-state index contributed by atoms with van der Waals surface area (Å²) in [6.07, 6.45) is 4.26. The summed E-state index contributed by atoms with van der Waals surface area (Å²) in [4.78, 5) is 24.1. The second kappa shape index (κ2) is 9.58. The third-order valence-electron chi connectivity index (χ3n) is 7.05. The van der Waals surface area contributed by atoms with Gasteiger partial charge in [-0.3, -0.25) is 4.98 Å². The van der Waals surface area contributed by atoms with Crippen molar-refractivity contribution < 1.29 is 13.7 Å². The average Bonchev–Trinajstić information content (AvgIpc) is 3.42. The molecule has 2 aliphatic rings. The molecule has 37 heavy (non-hydrogen) atoms. The molecule has 0 radical (unpaired) electrons. The molecule has 1 fully saturated rings. The minimum Gasteiger partial charge on any atom is -0.461 e. The highest BCUT2D eigenvalue weighted by atomic mass is 79.9. The van der Waals surface area contributed by atoms with Gasteiger partial charge in [0.05, 0.1) is 28.5 Å². The van der Waals surface area contributed by atoms with E-state index in [2.05, 4.69) is 37.0 Å². The first-order valence-corrected chi connectivity index (χ1v) is 14.4. The van der Waals surface area contributed by atoms with Gasteiger partial charge >= 0.3 is 5.97 Å². The smallest absolute Gasteiger partial charge is 0.358 e. The summed E-state index contributed by atoms with van der Waals surface area (Å²) < 4.78 is 25.1. The number of fused-ring (bicyclic) bond motifs is 2. The third kappa shape index (κ3) is 4.60. The van der Waals surface area contributed by atoms with E-state index in [0.717, 1.165) is 66.3 Å². The third-order valence-corrected chi connectivity index (χ3v) is 9.36. The summed E-state index contributed by atoms with van der Waals surface area (Å²) in [5, 5.41) is 4.48. The molecule has 196 valence electrons. The lowest BCUT2D eigenvalue weighted by atomic mass is 9.75. The topological polar surface area (TPSA) is 102 Å². The van der Waals surface area contributed by atoms with E-state index >= 15 is 0 Å². The van der Waals surface area contributed by atoms with Gasteiger partial charge in [-0.05, 0) is 75.5 Å². The van der Waals surface area contributed by atoms with Gasteiger partial charge in [-0.2, -0.15) is 9.50 Å². The van der Waals surface area contributed by atoms with Crippen LogP contribution in [0.2, 0.25) is 0 Å². The SMILES string of the molecule is CCOC(=O)c1cc2c(N3CCC4(CC3)Cc3ncccc3/C4=N\[S@](=O)C(C)(C)C)nc(C)c(Br)n2n1. The van der Waals surface area contributed by atoms with E-state index in [1.165, 1.54) is 0 Å². The van der Waals surface area contributed by atoms with Gasteiger partial charge in [-0.1, -0.05) is 0 Å². The number of anilines is 1. The Morgan fingerprint density at radius 3 is 2.70 bits per heavy atom. The van der Waals surface area contributed by atoms with Gasteiger partial charge in [0.25, 0.3) is 0 Å². The average molecular weight is 588 g/mol. The number of rotatable bonds is 4. The number of ether oxygens (including phenoxy) is 1. The lowest BCUT2D eigenvalue weighted by Crippen LogP contribution is -2.44. The standard InChI is InChI=1S/C26H31BrN6O3S/c1-6-36-24(34)18-14-20-23(29-16(2)22(27)33(20)30-18)32-12-9-26(10-13-32)15-19-17(8-7-11-28-19)21(26)31-37(35)25(3,4)5/h7-8,11,14H,6,9-10,12-13,15H2,1-5H3/b31-21+/t37-/m1/s1. The number of carbonyl (C=O) groups is 1. The number of esters is 1. The second-order valence-electron chi connectivity index (χ2n) is 10.6. The monoisotopic (exact) mass is 586 g/mol. The van der Waals surface area contributed by atoms with Crippen LogP contribution in [0.1, 0.15) is 68.0 Å². The number of hydrogen-bond acceptors (Lipinski definition) is 7. The van der Waals surface area contributed by atoms with Crippen molar-refractivity contribution >= 4 is 49.9 Å². The van der Waals surface area contributed by atoms with Gasteiger partial charge in [-0.25, -0.2) is 18.5 Å². The van der Waals surface area contributed by atoms with Crippen molar-refractivity contribution in [2.24, 2.45) is 9.81 Å². The largest absolute Gasteiger partial charge is 0.461 e. The molecule has 1 aliphatic carbocycles. The van der Waals surface area contributed by atoms with Crippen molar-refractivity contribution in [1.82, 2.24) is 19.6 Å². The van der Waals surface area contributed by atoms with Crippen LogP contribution >= 0.6 is 15.9 Å². The molecule has 1 saturated heterocycles. The van der Waals surface area contributed by atoms with Crippen molar-refractivity contribution in [3.05, 3.63) is 51.6 Å². The number of nitrogens with zero attached hydrogens (tertiary/aromatic N) is 6. The van der Waals surface area contributed by atoms with E-state index < -0.39 is 21.7 Å². The molecule has 0 N–H and O–H groups in total. The Morgan fingerprint density at radius 1 is 1.30 bits per heavy atom. The molecule has 0 saturated carbocycles. The fourth-order valence-electron chi connectivity index (χ4n) is 5.05. The highest BCUT2D eigenvalue weighted by Crippen LogP contribution is 2.46. The Labute approximate surface area is 227 Å². The normalized spacial score (nSPS) is 19.0. The number of piperidine rings is 1. The highest BCUT2D eigenvalue weighted by Gasteiger charge is 2.47. The number of pyridine rings is 1. The number of carbonyl (C=O) groups excluding carboxylic acids is 1. The van der Waals surface area contributed by atoms with Crippen molar-refractivity contribution in [1.29, 1.82) is 0 Å². The quantitative estimate of drug-likeness (QED) is 0.416. The van der Waals surface area contributed by atoms with Crippen LogP contribution < -0.4 is 4.90 Å². The van der Waals surface area contributed by atoms with Crippen LogP contribution in [0.25, 0.3) is 5.52 Å². The van der Waals surface area contributed by atoms with Crippen LogP contribution in [0.3, 0.4) is 0 Å². The zero-order chi connectivity index (χ0) is 26.5. The van der Waals surface area contributed by atoms with Crippen molar-refractivity contribution in [3.63, 3.8) is 0 Å². The van der Waals surface area contributed by atoms with Crippen LogP contribution in [0.4, 0.5) is 5.82 Å². The molecule has 5 rings (SSSR count). The first kappa shape index (κ1) is 26.0. The van der Waals surface area contributed by atoms with Crippen molar-refractivity contribution in [2.75, 3.05) is 24.6 Å². The Balaban J connectivity index is 1.49. The molecule has 0 aromatic carbocycles. The maximum absolute atomic E-state index is 13.1. The molecule has 1 atom stereocenters. The van der Waals surface area contributed by atoms with Crippen LogP contribution in [0.15, 0.2) is 33.4 Å². The molecule has 1 aliphatic heterocycles. The van der Waals surface area contributed by atoms with Gasteiger partial charge in [0.2, 0.25) is 0 Å². The molecule has 0 unspecified atom stereocenters. The van der Waals surface area contributed by atoms with E-state index in [9.17, 15) is 9.00 Å². The molecule has 3 aromatic rings. The van der Waals surface area contributed by atoms with E-state index in [4.69, 9.17) is 14.1 Å². The minimum absolute atomic E-state index is 0.217. The summed E-state index contributed by atoms with van der Waals surface area (Å²) in [5.74, 6) is 0.326. The highest BCUT2D eigenvalue weighted by molar-refractivity contribution is 9.10. The van der Waals surface area contributed by atoms with Gasteiger partial charge in [0, 0.05) is 42.8 Å². The second-order valence-corrected chi connectivity index (χ2v) is 13.3. The predicted molar refractivity (Wildman–Crippen MR) is 148 cm³/mol.